The van der Waals surface area contributed by atoms with Crippen molar-refractivity contribution in [3.63, 3.8) is 0 Å². The van der Waals surface area contributed by atoms with Crippen LogP contribution in [0.3, 0.4) is 0 Å². The minimum atomic E-state index is -0.812. The average Bonchev–Trinajstić information content (AvgIpc) is 3.21. The van der Waals surface area contributed by atoms with Gasteiger partial charge >= 0.3 is 5.97 Å². The number of para-hydroxylation sites is 2. The van der Waals surface area contributed by atoms with Gasteiger partial charge < -0.3 is 23.5 Å². The molecule has 0 saturated carbocycles. The molecule has 2 heterocycles. The van der Waals surface area contributed by atoms with Gasteiger partial charge in [-0.25, -0.2) is 4.79 Å². The van der Waals surface area contributed by atoms with Crippen LogP contribution in [0.15, 0.2) is 59.1 Å². The predicted octanol–water partition coefficient (Wildman–Crippen LogP) is 3.23. The largest absolute Gasteiger partial charge is 0.497 e. The van der Waals surface area contributed by atoms with Crippen LogP contribution in [0.1, 0.15) is 5.69 Å². The average molecular weight is 367 g/mol. The van der Waals surface area contributed by atoms with Gasteiger partial charge in [-0.15, -0.1) is 0 Å². The third-order valence-corrected chi connectivity index (χ3v) is 4.07. The maximum Gasteiger partial charge on any atom is 0.351 e. The number of carbonyl (C=O) groups is 1. The van der Waals surface area contributed by atoms with E-state index in [-0.39, 0.29) is 13.2 Å². The van der Waals surface area contributed by atoms with Crippen LogP contribution in [0.25, 0.3) is 11.3 Å². The summed E-state index contributed by atoms with van der Waals surface area (Å²) in [6.07, 6.45) is -0.812. The van der Waals surface area contributed by atoms with E-state index in [1.54, 1.807) is 25.3 Å². The molecule has 0 aliphatic carbocycles. The van der Waals surface area contributed by atoms with Gasteiger partial charge in [0.2, 0.25) is 6.10 Å². The normalized spacial score (nSPS) is 15.2. The van der Waals surface area contributed by atoms with E-state index in [9.17, 15) is 4.79 Å². The number of fused-ring (bicyclic) bond motifs is 1. The summed E-state index contributed by atoms with van der Waals surface area (Å²) in [5, 5.41) is 3.93. The Morgan fingerprint density at radius 3 is 2.70 bits per heavy atom. The van der Waals surface area contributed by atoms with Crippen molar-refractivity contribution in [2.45, 2.75) is 12.7 Å². The molecule has 7 nitrogen and oxygen atoms in total. The summed E-state index contributed by atoms with van der Waals surface area (Å²) < 4.78 is 26.9. The summed E-state index contributed by atoms with van der Waals surface area (Å²) in [4.78, 5) is 12.2. The molecule has 3 aromatic rings. The molecular formula is C20H17NO6. The molecule has 4 rings (SSSR count). The Labute approximate surface area is 155 Å². The number of esters is 1. The molecule has 0 amide bonds. The fourth-order valence-corrected chi connectivity index (χ4v) is 2.64. The van der Waals surface area contributed by atoms with Gasteiger partial charge in [0.15, 0.2) is 17.3 Å². The molecular weight excluding hydrogens is 350 g/mol. The maximum atomic E-state index is 12.2. The first-order chi connectivity index (χ1) is 13.2. The molecule has 138 valence electrons. The van der Waals surface area contributed by atoms with E-state index in [4.69, 9.17) is 23.5 Å². The first kappa shape index (κ1) is 17.0. The molecule has 1 atom stereocenters. The van der Waals surface area contributed by atoms with Crippen molar-refractivity contribution in [3.8, 4) is 28.6 Å². The monoisotopic (exact) mass is 367 g/mol. The molecule has 1 aliphatic rings. The Kier molecular flexibility index (Phi) is 4.65. The van der Waals surface area contributed by atoms with Crippen molar-refractivity contribution < 1.29 is 28.3 Å². The minimum Gasteiger partial charge on any atom is -0.497 e. The molecule has 0 spiro atoms. The Hall–Kier alpha value is -3.48. The van der Waals surface area contributed by atoms with E-state index < -0.39 is 12.1 Å². The van der Waals surface area contributed by atoms with E-state index in [2.05, 4.69) is 5.16 Å². The highest BCUT2D eigenvalue weighted by atomic mass is 16.6. The summed E-state index contributed by atoms with van der Waals surface area (Å²) in [5.74, 6) is 1.95. The standard InChI is InChI=1S/C20H17NO6/c1-23-15-8-6-13(7-9-15)18-10-14(21-27-18)11-25-20(22)19-12-24-16-4-2-3-5-17(16)26-19/h2-10,19H,11-12H2,1H3. The summed E-state index contributed by atoms with van der Waals surface area (Å²) in [6.45, 7) is 0.0890. The van der Waals surface area contributed by atoms with Gasteiger partial charge in [-0.2, -0.15) is 0 Å². The quantitative estimate of drug-likeness (QED) is 0.641. The topological polar surface area (TPSA) is 80.0 Å². The lowest BCUT2D eigenvalue weighted by Crippen LogP contribution is -2.37. The van der Waals surface area contributed by atoms with Gasteiger partial charge in [-0.3, -0.25) is 0 Å². The van der Waals surface area contributed by atoms with Crippen LogP contribution in [0.4, 0.5) is 0 Å². The first-order valence-corrected chi connectivity index (χ1v) is 8.38. The third kappa shape index (κ3) is 3.72. The zero-order valence-corrected chi connectivity index (χ0v) is 14.6. The number of ether oxygens (including phenoxy) is 4. The number of carbonyl (C=O) groups excluding carboxylic acids is 1. The second-order valence-electron chi connectivity index (χ2n) is 5.88. The van der Waals surface area contributed by atoms with Crippen molar-refractivity contribution in [1.29, 1.82) is 0 Å². The van der Waals surface area contributed by atoms with Gasteiger partial charge in [0.1, 0.15) is 24.7 Å². The van der Waals surface area contributed by atoms with Crippen LogP contribution in [0.5, 0.6) is 17.2 Å². The summed E-state index contributed by atoms with van der Waals surface area (Å²) in [5.41, 5.74) is 1.35. The highest BCUT2D eigenvalue weighted by molar-refractivity contribution is 5.76. The highest BCUT2D eigenvalue weighted by Gasteiger charge is 2.28. The Bertz CT molecular complexity index is 934. The third-order valence-electron chi connectivity index (χ3n) is 4.07. The number of aromatic nitrogens is 1. The van der Waals surface area contributed by atoms with E-state index in [0.717, 1.165) is 11.3 Å². The van der Waals surface area contributed by atoms with Crippen LogP contribution in [0.2, 0.25) is 0 Å². The van der Waals surface area contributed by atoms with Crippen LogP contribution < -0.4 is 14.2 Å². The predicted molar refractivity (Wildman–Crippen MR) is 94.6 cm³/mol. The van der Waals surface area contributed by atoms with Gasteiger partial charge in [0.25, 0.3) is 0 Å². The zero-order chi connectivity index (χ0) is 18.6. The van der Waals surface area contributed by atoms with Crippen LogP contribution in [-0.4, -0.2) is 30.9 Å². The SMILES string of the molecule is COc1ccc(-c2cc(COC(=O)C3COc4ccccc4O3)no2)cc1. The number of rotatable bonds is 5. The molecule has 0 fully saturated rings. The highest BCUT2D eigenvalue weighted by Crippen LogP contribution is 2.31. The Balaban J connectivity index is 1.35. The molecule has 1 aromatic heterocycles. The summed E-state index contributed by atoms with van der Waals surface area (Å²) >= 11 is 0. The number of benzene rings is 2. The lowest BCUT2D eigenvalue weighted by atomic mass is 10.1. The number of hydrogen-bond acceptors (Lipinski definition) is 7. The van der Waals surface area contributed by atoms with Crippen molar-refractivity contribution >= 4 is 5.97 Å². The van der Waals surface area contributed by atoms with Gasteiger partial charge in [-0.1, -0.05) is 17.3 Å². The van der Waals surface area contributed by atoms with Crippen LogP contribution >= 0.6 is 0 Å². The molecule has 0 radical (unpaired) electrons. The second kappa shape index (κ2) is 7.41. The molecule has 2 aromatic carbocycles. The Morgan fingerprint density at radius 2 is 1.93 bits per heavy atom. The fraction of sp³-hybridized carbons (Fsp3) is 0.200. The van der Waals surface area contributed by atoms with E-state index in [1.165, 1.54) is 0 Å². The Morgan fingerprint density at radius 1 is 1.15 bits per heavy atom. The molecule has 0 N–H and O–H groups in total. The van der Waals surface area contributed by atoms with Crippen molar-refractivity contribution in [3.05, 3.63) is 60.3 Å². The van der Waals surface area contributed by atoms with Gasteiger partial charge in [-0.05, 0) is 36.4 Å². The maximum absolute atomic E-state index is 12.2. The van der Waals surface area contributed by atoms with E-state index >= 15 is 0 Å². The van der Waals surface area contributed by atoms with Crippen molar-refractivity contribution in [1.82, 2.24) is 5.16 Å². The summed E-state index contributed by atoms with van der Waals surface area (Å²) in [7, 11) is 1.61. The molecule has 1 unspecified atom stereocenters. The molecule has 7 heteroatoms. The first-order valence-electron chi connectivity index (χ1n) is 8.38. The van der Waals surface area contributed by atoms with Gasteiger partial charge in [0, 0.05) is 11.6 Å². The zero-order valence-electron chi connectivity index (χ0n) is 14.6. The number of hydrogen-bond donors (Lipinski definition) is 0. The lowest BCUT2D eigenvalue weighted by molar-refractivity contribution is -0.156. The minimum absolute atomic E-state index is 0.0139. The smallest absolute Gasteiger partial charge is 0.351 e. The van der Waals surface area contributed by atoms with Gasteiger partial charge in [0.05, 0.1) is 7.11 Å². The lowest BCUT2D eigenvalue weighted by Gasteiger charge is -2.24. The van der Waals surface area contributed by atoms with Crippen molar-refractivity contribution in [2.75, 3.05) is 13.7 Å². The molecule has 1 aliphatic heterocycles. The van der Waals surface area contributed by atoms with Crippen LogP contribution in [0, 0.1) is 0 Å². The molecule has 0 bridgehead atoms. The van der Waals surface area contributed by atoms with Crippen molar-refractivity contribution in [2.24, 2.45) is 0 Å². The summed E-state index contributed by atoms with van der Waals surface area (Å²) in [6, 6.07) is 16.3. The van der Waals surface area contributed by atoms with E-state index in [0.29, 0.717) is 23.0 Å². The molecule has 27 heavy (non-hydrogen) atoms. The second-order valence-corrected chi connectivity index (χ2v) is 5.88. The number of nitrogens with zero attached hydrogens (tertiary/aromatic N) is 1. The van der Waals surface area contributed by atoms with E-state index in [1.807, 2.05) is 36.4 Å². The fourth-order valence-electron chi connectivity index (χ4n) is 2.64. The number of methoxy groups -OCH3 is 1. The molecule has 0 saturated heterocycles. The van der Waals surface area contributed by atoms with Crippen LogP contribution in [-0.2, 0) is 16.1 Å².